The predicted molar refractivity (Wildman–Crippen MR) is 72.4 cm³/mol. The maximum atomic E-state index is 11.8. The SMILES string of the molecule is CSC(C)CNC(=O)c1n[nH]c(C(C)C)c1N. The molecule has 1 amide bonds. The number of H-pyrrole nitrogens is 1. The highest BCUT2D eigenvalue weighted by atomic mass is 32.2. The average Bonchev–Trinajstić information content (AvgIpc) is 2.67. The highest BCUT2D eigenvalue weighted by Gasteiger charge is 2.18. The normalized spacial score (nSPS) is 12.8. The average molecular weight is 256 g/mol. The molecule has 0 spiro atoms. The monoisotopic (exact) mass is 256 g/mol. The highest BCUT2D eigenvalue weighted by Crippen LogP contribution is 2.21. The summed E-state index contributed by atoms with van der Waals surface area (Å²) in [6.07, 6.45) is 2.01. The van der Waals surface area contributed by atoms with Crippen molar-refractivity contribution in [2.75, 3.05) is 18.5 Å². The summed E-state index contributed by atoms with van der Waals surface area (Å²) >= 11 is 1.70. The number of carbonyl (C=O) groups is 1. The number of nitrogens with zero attached hydrogens (tertiary/aromatic N) is 1. The van der Waals surface area contributed by atoms with Gasteiger partial charge >= 0.3 is 0 Å². The largest absolute Gasteiger partial charge is 0.395 e. The van der Waals surface area contributed by atoms with Crippen molar-refractivity contribution in [1.82, 2.24) is 15.5 Å². The highest BCUT2D eigenvalue weighted by molar-refractivity contribution is 7.99. The molecule has 1 heterocycles. The Morgan fingerprint density at radius 2 is 2.18 bits per heavy atom. The van der Waals surface area contributed by atoms with E-state index in [2.05, 4.69) is 22.4 Å². The van der Waals surface area contributed by atoms with Crippen molar-refractivity contribution in [3.05, 3.63) is 11.4 Å². The number of hydrogen-bond acceptors (Lipinski definition) is 4. The minimum absolute atomic E-state index is 0.216. The zero-order valence-corrected chi connectivity index (χ0v) is 11.5. The van der Waals surface area contributed by atoms with E-state index in [9.17, 15) is 4.79 Å². The van der Waals surface area contributed by atoms with E-state index in [0.717, 1.165) is 5.69 Å². The molecule has 1 rings (SSSR count). The van der Waals surface area contributed by atoms with Gasteiger partial charge in [-0.25, -0.2) is 0 Å². The van der Waals surface area contributed by atoms with E-state index < -0.39 is 0 Å². The van der Waals surface area contributed by atoms with Crippen LogP contribution in [0.4, 0.5) is 5.69 Å². The quantitative estimate of drug-likeness (QED) is 0.747. The standard InChI is InChI=1S/C11H20N4OS/c1-6(2)9-8(12)10(15-14-9)11(16)13-5-7(3)17-4/h6-7H,5,12H2,1-4H3,(H,13,16)(H,14,15). The Morgan fingerprint density at radius 3 is 2.65 bits per heavy atom. The van der Waals surface area contributed by atoms with Gasteiger partial charge in [-0.1, -0.05) is 20.8 Å². The molecule has 1 atom stereocenters. The van der Waals surface area contributed by atoms with Crippen LogP contribution in [0, 0.1) is 0 Å². The molecule has 96 valence electrons. The van der Waals surface area contributed by atoms with Crippen molar-refractivity contribution in [3.63, 3.8) is 0 Å². The topological polar surface area (TPSA) is 83.8 Å². The van der Waals surface area contributed by atoms with E-state index in [1.54, 1.807) is 11.8 Å². The second-order valence-corrected chi connectivity index (χ2v) is 5.59. The van der Waals surface area contributed by atoms with Crippen molar-refractivity contribution in [2.24, 2.45) is 0 Å². The molecule has 0 aliphatic rings. The summed E-state index contributed by atoms with van der Waals surface area (Å²) in [6, 6.07) is 0. The summed E-state index contributed by atoms with van der Waals surface area (Å²) in [5.41, 5.74) is 7.44. The number of anilines is 1. The maximum Gasteiger partial charge on any atom is 0.273 e. The molecule has 0 aliphatic heterocycles. The lowest BCUT2D eigenvalue weighted by molar-refractivity contribution is 0.0950. The Kier molecular flexibility index (Phi) is 4.86. The molecule has 6 heteroatoms. The summed E-state index contributed by atoms with van der Waals surface area (Å²) in [5, 5.41) is 9.99. The number of amides is 1. The van der Waals surface area contributed by atoms with Gasteiger partial charge in [-0.05, 0) is 12.2 Å². The second kappa shape index (κ2) is 5.95. The van der Waals surface area contributed by atoms with E-state index in [1.807, 2.05) is 20.1 Å². The van der Waals surface area contributed by atoms with Crippen molar-refractivity contribution in [1.29, 1.82) is 0 Å². The second-order valence-electron chi connectivity index (χ2n) is 4.31. The lowest BCUT2D eigenvalue weighted by atomic mass is 10.1. The van der Waals surface area contributed by atoms with Gasteiger partial charge < -0.3 is 11.1 Å². The summed E-state index contributed by atoms with van der Waals surface area (Å²) in [5.74, 6) is 0.0146. The molecule has 0 saturated carbocycles. The summed E-state index contributed by atoms with van der Waals surface area (Å²) in [4.78, 5) is 11.8. The van der Waals surface area contributed by atoms with E-state index >= 15 is 0 Å². The molecule has 4 N–H and O–H groups in total. The number of aromatic amines is 1. The van der Waals surface area contributed by atoms with Gasteiger partial charge in [0.25, 0.3) is 5.91 Å². The molecule has 1 aromatic rings. The minimum Gasteiger partial charge on any atom is -0.395 e. The fourth-order valence-electron chi connectivity index (χ4n) is 1.38. The summed E-state index contributed by atoms with van der Waals surface area (Å²) in [7, 11) is 0. The number of rotatable bonds is 5. The minimum atomic E-state index is -0.216. The molecule has 5 nitrogen and oxygen atoms in total. The number of aromatic nitrogens is 2. The number of carbonyl (C=O) groups excluding carboxylic acids is 1. The fraction of sp³-hybridized carbons (Fsp3) is 0.636. The van der Waals surface area contributed by atoms with E-state index in [0.29, 0.717) is 23.2 Å². The lowest BCUT2D eigenvalue weighted by Gasteiger charge is -2.09. The van der Waals surface area contributed by atoms with Crippen LogP contribution in [0.25, 0.3) is 0 Å². The number of nitrogens with one attached hydrogen (secondary N) is 2. The smallest absolute Gasteiger partial charge is 0.273 e. The molecule has 0 bridgehead atoms. The van der Waals surface area contributed by atoms with Crippen LogP contribution < -0.4 is 11.1 Å². The van der Waals surface area contributed by atoms with E-state index in [4.69, 9.17) is 5.73 Å². The van der Waals surface area contributed by atoms with E-state index in [1.165, 1.54) is 0 Å². The van der Waals surface area contributed by atoms with Crippen molar-refractivity contribution < 1.29 is 4.79 Å². The van der Waals surface area contributed by atoms with Crippen LogP contribution in [0.2, 0.25) is 0 Å². The molecule has 0 saturated heterocycles. The van der Waals surface area contributed by atoms with Gasteiger partial charge in [-0.15, -0.1) is 0 Å². The molecule has 0 radical (unpaired) electrons. The van der Waals surface area contributed by atoms with Gasteiger partial charge in [0.2, 0.25) is 0 Å². The van der Waals surface area contributed by atoms with Crippen molar-refractivity contribution >= 4 is 23.4 Å². The van der Waals surface area contributed by atoms with Crippen molar-refractivity contribution in [2.45, 2.75) is 31.9 Å². The summed E-state index contributed by atoms with van der Waals surface area (Å²) in [6.45, 7) is 6.67. The van der Waals surface area contributed by atoms with Crippen LogP contribution in [-0.2, 0) is 0 Å². The van der Waals surface area contributed by atoms with Crippen LogP contribution >= 0.6 is 11.8 Å². The van der Waals surface area contributed by atoms with Gasteiger partial charge in [-0.2, -0.15) is 16.9 Å². The fourth-order valence-corrected chi connectivity index (χ4v) is 1.63. The van der Waals surface area contributed by atoms with Gasteiger partial charge in [0, 0.05) is 11.8 Å². The number of thioether (sulfide) groups is 1. The molecular weight excluding hydrogens is 236 g/mol. The predicted octanol–water partition coefficient (Wildman–Crippen LogP) is 1.60. The first-order chi connectivity index (χ1) is 7.97. The third kappa shape index (κ3) is 3.39. The van der Waals surface area contributed by atoms with Crippen LogP contribution in [0.1, 0.15) is 42.9 Å². The number of hydrogen-bond donors (Lipinski definition) is 3. The van der Waals surface area contributed by atoms with Gasteiger partial charge in [0.05, 0.1) is 11.4 Å². The van der Waals surface area contributed by atoms with Gasteiger partial charge in [0.15, 0.2) is 5.69 Å². The molecule has 1 aromatic heterocycles. The Morgan fingerprint density at radius 1 is 1.53 bits per heavy atom. The lowest BCUT2D eigenvalue weighted by Crippen LogP contribution is -2.30. The van der Waals surface area contributed by atoms with Crippen LogP contribution in [0.3, 0.4) is 0 Å². The molecule has 0 fully saturated rings. The maximum absolute atomic E-state index is 11.8. The van der Waals surface area contributed by atoms with Crippen LogP contribution in [0.5, 0.6) is 0 Å². The first kappa shape index (κ1) is 13.9. The zero-order valence-electron chi connectivity index (χ0n) is 10.7. The van der Waals surface area contributed by atoms with Gasteiger partial charge in [-0.3, -0.25) is 9.89 Å². The molecule has 17 heavy (non-hydrogen) atoms. The summed E-state index contributed by atoms with van der Waals surface area (Å²) < 4.78 is 0. The Hall–Kier alpha value is -1.17. The van der Waals surface area contributed by atoms with Gasteiger partial charge in [0.1, 0.15) is 0 Å². The van der Waals surface area contributed by atoms with Crippen molar-refractivity contribution in [3.8, 4) is 0 Å². The third-order valence-electron chi connectivity index (χ3n) is 2.58. The van der Waals surface area contributed by atoms with Crippen LogP contribution in [0.15, 0.2) is 0 Å². The Bertz CT molecular complexity index is 389. The number of nitrogen functional groups attached to an aromatic ring is 1. The number of nitrogens with two attached hydrogens (primary N) is 1. The first-order valence-corrected chi connectivity index (χ1v) is 6.90. The zero-order chi connectivity index (χ0) is 13.0. The molecule has 0 aliphatic carbocycles. The molecule has 0 aromatic carbocycles. The third-order valence-corrected chi connectivity index (χ3v) is 3.55. The molecule has 1 unspecified atom stereocenters. The Labute approximate surface area is 106 Å². The van der Waals surface area contributed by atoms with E-state index in [-0.39, 0.29) is 11.8 Å². The Balaban J connectivity index is 2.70. The van der Waals surface area contributed by atoms with Crippen LogP contribution in [-0.4, -0.2) is 34.2 Å². The molecular formula is C11H20N4OS. The first-order valence-electron chi connectivity index (χ1n) is 5.62.